The summed E-state index contributed by atoms with van der Waals surface area (Å²) in [6.45, 7) is 4.46. The maximum Gasteiger partial charge on any atom is 0.224 e. The highest BCUT2D eigenvalue weighted by Gasteiger charge is 2.30. The minimum absolute atomic E-state index is 0.136. The number of amides is 1. The Morgan fingerprint density at radius 3 is 3.00 bits per heavy atom. The number of hydrogen-bond donors (Lipinski definition) is 2. The van der Waals surface area contributed by atoms with Crippen LogP contribution in [0.5, 0.6) is 0 Å². The third-order valence-corrected chi connectivity index (χ3v) is 5.73. The summed E-state index contributed by atoms with van der Waals surface area (Å²) < 4.78 is 5.45. The molecule has 0 aromatic carbocycles. The normalized spacial score (nSPS) is 23.2. The topological polar surface area (TPSA) is 80.5 Å². The molecule has 0 radical (unpaired) electrons. The van der Waals surface area contributed by atoms with E-state index < -0.39 is 0 Å². The molecule has 1 unspecified atom stereocenters. The van der Waals surface area contributed by atoms with Crippen LogP contribution in [0, 0.1) is 5.92 Å². The number of aryl methyl sites for hydroxylation is 1. The van der Waals surface area contributed by atoms with Crippen molar-refractivity contribution < 1.29 is 9.53 Å². The third kappa shape index (κ3) is 4.91. The lowest BCUT2D eigenvalue weighted by atomic mass is 9.94. The van der Waals surface area contributed by atoms with Crippen molar-refractivity contribution in [3.8, 4) is 0 Å². The molecule has 1 aromatic rings. The Hall–Kier alpha value is -1.18. The van der Waals surface area contributed by atoms with E-state index in [9.17, 15) is 4.79 Å². The molecule has 2 saturated heterocycles. The van der Waals surface area contributed by atoms with Gasteiger partial charge in [0.1, 0.15) is 0 Å². The summed E-state index contributed by atoms with van der Waals surface area (Å²) in [6, 6.07) is 0.601. The first-order valence-electron chi connectivity index (χ1n) is 9.02. The van der Waals surface area contributed by atoms with Gasteiger partial charge in [-0.05, 0) is 45.1 Å². The van der Waals surface area contributed by atoms with Gasteiger partial charge in [-0.15, -0.1) is 11.3 Å². The van der Waals surface area contributed by atoms with Crippen molar-refractivity contribution in [2.45, 2.75) is 44.6 Å². The lowest BCUT2D eigenvalue weighted by molar-refractivity contribution is -0.127. The monoisotopic (exact) mass is 352 g/mol. The highest BCUT2D eigenvalue weighted by molar-refractivity contribution is 7.13. The Balaban J connectivity index is 1.37. The van der Waals surface area contributed by atoms with Gasteiger partial charge in [-0.25, -0.2) is 4.98 Å². The van der Waals surface area contributed by atoms with Gasteiger partial charge in [0.2, 0.25) is 5.91 Å². The van der Waals surface area contributed by atoms with Crippen molar-refractivity contribution in [3.05, 3.63) is 11.1 Å². The van der Waals surface area contributed by atoms with Crippen LogP contribution in [-0.4, -0.2) is 54.7 Å². The average molecular weight is 353 g/mol. The number of nitrogen functional groups attached to an aromatic ring is 1. The fourth-order valence-corrected chi connectivity index (χ4v) is 4.26. The van der Waals surface area contributed by atoms with Gasteiger partial charge in [-0.2, -0.15) is 0 Å². The van der Waals surface area contributed by atoms with E-state index in [-0.39, 0.29) is 11.8 Å². The van der Waals surface area contributed by atoms with E-state index in [4.69, 9.17) is 10.5 Å². The summed E-state index contributed by atoms with van der Waals surface area (Å²) in [4.78, 5) is 19.2. The minimum Gasteiger partial charge on any atom is -0.381 e. The maximum absolute atomic E-state index is 12.4. The van der Waals surface area contributed by atoms with Crippen molar-refractivity contribution in [2.24, 2.45) is 5.92 Å². The zero-order valence-electron chi connectivity index (χ0n) is 14.2. The number of aromatic nitrogens is 1. The number of nitrogens with one attached hydrogen (secondary N) is 1. The Bertz CT molecular complexity index is 530. The number of ether oxygens (including phenoxy) is 1. The zero-order valence-corrected chi connectivity index (χ0v) is 15.0. The van der Waals surface area contributed by atoms with Gasteiger partial charge in [-0.3, -0.25) is 9.69 Å². The largest absolute Gasteiger partial charge is 0.381 e. The van der Waals surface area contributed by atoms with Crippen LogP contribution < -0.4 is 11.1 Å². The van der Waals surface area contributed by atoms with E-state index in [0.717, 1.165) is 70.5 Å². The molecule has 6 nitrogen and oxygen atoms in total. The highest BCUT2D eigenvalue weighted by atomic mass is 32.1. The summed E-state index contributed by atoms with van der Waals surface area (Å²) >= 11 is 1.47. The lowest BCUT2D eigenvalue weighted by Gasteiger charge is -2.39. The molecule has 0 saturated carbocycles. The molecule has 2 aliphatic rings. The number of thiazole rings is 1. The van der Waals surface area contributed by atoms with Gasteiger partial charge >= 0.3 is 0 Å². The first-order valence-corrected chi connectivity index (χ1v) is 9.89. The summed E-state index contributed by atoms with van der Waals surface area (Å²) in [5.41, 5.74) is 6.65. The number of piperidine rings is 1. The minimum atomic E-state index is 0.136. The van der Waals surface area contributed by atoms with Gasteiger partial charge in [0.15, 0.2) is 5.13 Å². The molecule has 1 atom stereocenters. The van der Waals surface area contributed by atoms with Crippen molar-refractivity contribution >= 4 is 22.4 Å². The molecular formula is C17H28N4O2S. The number of anilines is 1. The van der Waals surface area contributed by atoms with E-state index in [1.165, 1.54) is 11.3 Å². The number of likely N-dealkylation sites (tertiary alicyclic amines) is 1. The highest BCUT2D eigenvalue weighted by Crippen LogP contribution is 2.23. The van der Waals surface area contributed by atoms with Crippen molar-refractivity contribution in [3.63, 3.8) is 0 Å². The maximum atomic E-state index is 12.4. The second-order valence-electron chi connectivity index (χ2n) is 6.75. The van der Waals surface area contributed by atoms with Gasteiger partial charge < -0.3 is 15.8 Å². The van der Waals surface area contributed by atoms with Crippen LogP contribution in [0.15, 0.2) is 5.38 Å². The van der Waals surface area contributed by atoms with E-state index in [1.807, 2.05) is 5.38 Å². The Morgan fingerprint density at radius 2 is 2.25 bits per heavy atom. The van der Waals surface area contributed by atoms with Gasteiger partial charge in [0.05, 0.1) is 11.6 Å². The molecule has 1 amide bonds. The summed E-state index contributed by atoms with van der Waals surface area (Å²) in [5, 5.41) is 5.71. The fraction of sp³-hybridized carbons (Fsp3) is 0.765. The molecule has 0 bridgehead atoms. The van der Waals surface area contributed by atoms with Crippen LogP contribution in [0.25, 0.3) is 0 Å². The Kier molecular flexibility index (Phi) is 6.45. The first-order chi connectivity index (χ1) is 11.7. The second kappa shape index (κ2) is 8.78. The predicted molar refractivity (Wildman–Crippen MR) is 96.0 cm³/mol. The average Bonchev–Trinajstić information content (AvgIpc) is 3.05. The molecule has 3 rings (SSSR count). The van der Waals surface area contributed by atoms with Crippen LogP contribution in [0.3, 0.4) is 0 Å². The number of hydrogen-bond acceptors (Lipinski definition) is 6. The summed E-state index contributed by atoms with van der Waals surface area (Å²) in [5.74, 6) is 0.348. The van der Waals surface area contributed by atoms with Crippen LogP contribution in [-0.2, 0) is 16.0 Å². The number of carbonyl (C=O) groups is 1. The third-order valence-electron chi connectivity index (χ3n) is 5.01. The van der Waals surface area contributed by atoms with Crippen molar-refractivity contribution in [1.29, 1.82) is 0 Å². The van der Waals surface area contributed by atoms with E-state index in [1.54, 1.807) is 0 Å². The van der Waals surface area contributed by atoms with Crippen molar-refractivity contribution in [1.82, 2.24) is 15.2 Å². The van der Waals surface area contributed by atoms with Crippen LogP contribution in [0.2, 0.25) is 0 Å². The first kappa shape index (κ1) is 17.6. The Morgan fingerprint density at radius 1 is 1.42 bits per heavy atom. The molecule has 24 heavy (non-hydrogen) atoms. The standard InChI is InChI=1S/C17H28N4O2S/c18-17-20-14(12-24-17)4-1-7-19-16(22)13-3-2-8-21(11-13)15-5-9-23-10-6-15/h12-13,15H,1-11H2,(H2,18,20)(H,19,22). The second-order valence-corrected chi connectivity index (χ2v) is 7.64. The van der Waals surface area contributed by atoms with Crippen molar-refractivity contribution in [2.75, 3.05) is 38.6 Å². The molecule has 1 aromatic heterocycles. The zero-order chi connectivity index (χ0) is 16.8. The van der Waals surface area contributed by atoms with E-state index >= 15 is 0 Å². The SMILES string of the molecule is Nc1nc(CCCNC(=O)C2CCCN(C3CCOCC3)C2)cs1. The molecule has 2 fully saturated rings. The van der Waals surface area contributed by atoms with Gasteiger partial charge in [0, 0.05) is 37.7 Å². The molecule has 2 aliphatic heterocycles. The number of carbonyl (C=O) groups excluding carboxylic acids is 1. The summed E-state index contributed by atoms with van der Waals surface area (Å²) in [7, 11) is 0. The summed E-state index contributed by atoms with van der Waals surface area (Å²) in [6.07, 6.45) is 6.11. The van der Waals surface area contributed by atoms with Crippen LogP contribution in [0.1, 0.15) is 37.8 Å². The smallest absolute Gasteiger partial charge is 0.224 e. The quantitative estimate of drug-likeness (QED) is 0.761. The molecule has 0 spiro atoms. The van der Waals surface area contributed by atoms with E-state index in [2.05, 4.69) is 15.2 Å². The predicted octanol–water partition coefficient (Wildman–Crippen LogP) is 1.67. The molecule has 3 heterocycles. The van der Waals surface area contributed by atoms with Gasteiger partial charge in [0.25, 0.3) is 0 Å². The van der Waals surface area contributed by atoms with Crippen LogP contribution in [0.4, 0.5) is 5.13 Å². The molecule has 7 heteroatoms. The molecule has 0 aliphatic carbocycles. The molecule has 3 N–H and O–H groups in total. The lowest BCUT2D eigenvalue weighted by Crippen LogP contribution is -2.48. The molecular weight excluding hydrogens is 324 g/mol. The number of nitrogens with zero attached hydrogens (tertiary/aromatic N) is 2. The number of nitrogens with two attached hydrogens (primary N) is 1. The van der Waals surface area contributed by atoms with Gasteiger partial charge in [-0.1, -0.05) is 0 Å². The number of rotatable bonds is 6. The van der Waals surface area contributed by atoms with Crippen LogP contribution >= 0.6 is 11.3 Å². The van der Waals surface area contributed by atoms with E-state index in [0.29, 0.717) is 17.7 Å². The Labute approximate surface area is 147 Å². The molecule has 134 valence electrons. The fourth-order valence-electron chi connectivity index (χ4n) is 3.67.